The third-order valence-corrected chi connectivity index (χ3v) is 4.35. The molecule has 6 nitrogen and oxygen atoms in total. The molecule has 3 rings (SSSR count). The molecule has 3 N–H and O–H groups in total. The number of nitrogens with two attached hydrogens (primary N) is 1. The molecule has 6 heteroatoms. The third kappa shape index (κ3) is 3.24. The molecule has 0 spiro atoms. The van der Waals surface area contributed by atoms with E-state index < -0.39 is 0 Å². The fourth-order valence-corrected chi connectivity index (χ4v) is 3.26. The molecular weight excluding hydrogens is 280 g/mol. The van der Waals surface area contributed by atoms with Gasteiger partial charge < -0.3 is 20.8 Å². The second-order valence-electron chi connectivity index (χ2n) is 5.77. The van der Waals surface area contributed by atoms with E-state index in [2.05, 4.69) is 15.3 Å². The van der Waals surface area contributed by atoms with Crippen LogP contribution in [0.25, 0.3) is 0 Å². The summed E-state index contributed by atoms with van der Waals surface area (Å²) >= 11 is 0. The quantitative estimate of drug-likeness (QED) is 0.852. The first kappa shape index (κ1) is 15.3. The zero-order valence-corrected chi connectivity index (χ0v) is 12.8. The molecule has 0 atom stereocenters. The van der Waals surface area contributed by atoms with Crippen LogP contribution in [0.2, 0.25) is 0 Å². The summed E-state index contributed by atoms with van der Waals surface area (Å²) in [6.45, 7) is 5.32. The number of piperazine rings is 1. The number of primary amides is 1. The molecule has 2 aliphatic rings. The van der Waals surface area contributed by atoms with Crippen molar-refractivity contribution in [3.63, 3.8) is 0 Å². The molecule has 22 heavy (non-hydrogen) atoms. The van der Waals surface area contributed by atoms with Crippen molar-refractivity contribution in [2.24, 2.45) is 5.73 Å². The molecule has 1 aromatic carbocycles. The predicted octanol–water partition coefficient (Wildman–Crippen LogP) is 0.591. The van der Waals surface area contributed by atoms with E-state index in [0.29, 0.717) is 11.6 Å². The summed E-state index contributed by atoms with van der Waals surface area (Å²) in [5.74, 6) is -0.372. The fourth-order valence-electron chi connectivity index (χ4n) is 3.26. The minimum absolute atomic E-state index is 0.354. The minimum Gasteiger partial charge on any atom is -0.381 e. The van der Waals surface area contributed by atoms with Crippen LogP contribution < -0.4 is 16.1 Å². The predicted molar refractivity (Wildman–Crippen MR) is 85.7 cm³/mol. The third-order valence-electron chi connectivity index (χ3n) is 4.35. The Balaban J connectivity index is 1.95. The number of hydrogen-bond acceptors (Lipinski definition) is 5. The molecule has 0 radical (unpaired) electrons. The normalized spacial score (nSPS) is 20.7. The summed E-state index contributed by atoms with van der Waals surface area (Å²) in [4.78, 5) is 11.8. The smallest absolute Gasteiger partial charge is 0.250 e. The second-order valence-corrected chi connectivity index (χ2v) is 5.77. The first-order chi connectivity index (χ1) is 10.8. The lowest BCUT2D eigenvalue weighted by molar-refractivity contribution is 0.0654. The minimum atomic E-state index is -0.372. The van der Waals surface area contributed by atoms with E-state index in [1.54, 1.807) is 0 Å². The maximum Gasteiger partial charge on any atom is 0.250 e. The van der Waals surface area contributed by atoms with Gasteiger partial charge in [0.05, 0.1) is 17.3 Å². The zero-order chi connectivity index (χ0) is 15.4. The summed E-state index contributed by atoms with van der Waals surface area (Å²) < 4.78 is 5.50. The van der Waals surface area contributed by atoms with Crippen LogP contribution in [0.5, 0.6) is 0 Å². The first-order valence-corrected chi connectivity index (χ1v) is 7.99. The molecule has 0 bridgehead atoms. The van der Waals surface area contributed by atoms with Gasteiger partial charge in [0.2, 0.25) is 0 Å². The van der Waals surface area contributed by atoms with Gasteiger partial charge in [-0.2, -0.15) is 0 Å². The fraction of sp³-hybridized carbons (Fsp3) is 0.562. The number of hydrazine groups is 1. The average molecular weight is 304 g/mol. The molecule has 0 aliphatic carbocycles. The van der Waals surface area contributed by atoms with Gasteiger partial charge in [-0.1, -0.05) is 12.1 Å². The van der Waals surface area contributed by atoms with Gasteiger partial charge in [-0.25, -0.2) is 5.01 Å². The van der Waals surface area contributed by atoms with E-state index in [9.17, 15) is 4.79 Å². The Bertz CT molecular complexity index is 493. The summed E-state index contributed by atoms with van der Waals surface area (Å²) in [5.41, 5.74) is 7.10. The van der Waals surface area contributed by atoms with E-state index >= 15 is 0 Å². The van der Waals surface area contributed by atoms with Crippen LogP contribution >= 0.6 is 0 Å². The van der Waals surface area contributed by atoms with E-state index in [4.69, 9.17) is 10.5 Å². The number of carbonyl (C=O) groups excluding carboxylic acids is 1. The molecule has 120 valence electrons. The van der Waals surface area contributed by atoms with Crippen molar-refractivity contribution in [1.29, 1.82) is 0 Å². The molecule has 1 amide bonds. The van der Waals surface area contributed by atoms with E-state index in [1.807, 2.05) is 24.3 Å². The SMILES string of the molecule is NC(=O)c1ccccc1N(C1CCOCC1)N1CCNCC1. The van der Waals surface area contributed by atoms with Crippen molar-refractivity contribution in [2.75, 3.05) is 44.4 Å². The Kier molecular flexibility index (Phi) is 4.92. The molecule has 0 unspecified atom stereocenters. The average Bonchev–Trinajstić information content (AvgIpc) is 2.57. The van der Waals surface area contributed by atoms with Crippen LogP contribution in [0.1, 0.15) is 23.2 Å². The molecule has 2 aliphatic heterocycles. The Labute approximate surface area is 131 Å². The van der Waals surface area contributed by atoms with E-state index in [-0.39, 0.29) is 5.91 Å². The van der Waals surface area contributed by atoms with Crippen molar-refractivity contribution in [2.45, 2.75) is 18.9 Å². The summed E-state index contributed by atoms with van der Waals surface area (Å²) in [5, 5.41) is 8.01. The molecule has 0 aromatic heterocycles. The Morgan fingerprint density at radius 2 is 1.91 bits per heavy atom. The van der Waals surface area contributed by atoms with Gasteiger partial charge in [0.15, 0.2) is 0 Å². The maximum atomic E-state index is 11.8. The molecule has 2 heterocycles. The molecular formula is C16H24N4O2. The van der Waals surface area contributed by atoms with Crippen LogP contribution in [0, 0.1) is 0 Å². The Hall–Kier alpha value is -1.63. The van der Waals surface area contributed by atoms with Crippen LogP contribution in [0.4, 0.5) is 5.69 Å². The molecule has 2 saturated heterocycles. The number of anilines is 1. The largest absolute Gasteiger partial charge is 0.381 e. The van der Waals surface area contributed by atoms with Crippen molar-refractivity contribution in [1.82, 2.24) is 10.3 Å². The molecule has 2 fully saturated rings. The van der Waals surface area contributed by atoms with Crippen molar-refractivity contribution in [3.8, 4) is 0 Å². The lowest BCUT2D eigenvalue weighted by atomic mass is 10.1. The van der Waals surface area contributed by atoms with Gasteiger partial charge in [-0.05, 0) is 25.0 Å². The van der Waals surface area contributed by atoms with Gasteiger partial charge in [0, 0.05) is 39.4 Å². The van der Waals surface area contributed by atoms with Gasteiger partial charge >= 0.3 is 0 Å². The number of ether oxygens (including phenoxy) is 1. The van der Waals surface area contributed by atoms with E-state index in [0.717, 1.165) is 57.9 Å². The van der Waals surface area contributed by atoms with Crippen molar-refractivity contribution in [3.05, 3.63) is 29.8 Å². The second kappa shape index (κ2) is 7.09. The number of carbonyl (C=O) groups is 1. The van der Waals surface area contributed by atoms with Gasteiger partial charge in [0.25, 0.3) is 5.91 Å². The lowest BCUT2D eigenvalue weighted by Crippen LogP contribution is -2.57. The number of amides is 1. The highest BCUT2D eigenvalue weighted by molar-refractivity contribution is 5.98. The lowest BCUT2D eigenvalue weighted by Gasteiger charge is -2.45. The summed E-state index contributed by atoms with van der Waals surface area (Å²) in [7, 11) is 0. The number of nitrogens with one attached hydrogen (secondary N) is 1. The summed E-state index contributed by atoms with van der Waals surface area (Å²) in [6.07, 6.45) is 1.94. The first-order valence-electron chi connectivity index (χ1n) is 7.99. The van der Waals surface area contributed by atoms with Gasteiger partial charge in [0.1, 0.15) is 0 Å². The number of para-hydroxylation sites is 1. The number of benzene rings is 1. The topological polar surface area (TPSA) is 70.8 Å². The van der Waals surface area contributed by atoms with Crippen LogP contribution in [0.15, 0.2) is 24.3 Å². The number of nitrogens with zero attached hydrogens (tertiary/aromatic N) is 2. The zero-order valence-electron chi connectivity index (χ0n) is 12.8. The monoisotopic (exact) mass is 304 g/mol. The highest BCUT2D eigenvalue weighted by atomic mass is 16.5. The van der Waals surface area contributed by atoms with Gasteiger partial charge in [-0.3, -0.25) is 4.79 Å². The van der Waals surface area contributed by atoms with Crippen LogP contribution in [-0.2, 0) is 4.74 Å². The number of hydrogen-bond donors (Lipinski definition) is 2. The molecule has 1 aromatic rings. The Morgan fingerprint density at radius 3 is 2.59 bits per heavy atom. The standard InChI is InChI=1S/C16H24N4O2/c17-16(21)14-3-1-2-4-15(14)20(13-5-11-22-12-6-13)19-9-7-18-8-10-19/h1-4,13,18H,5-12H2,(H2,17,21). The summed E-state index contributed by atoms with van der Waals surface area (Å²) in [6, 6.07) is 8.00. The number of rotatable bonds is 4. The highest BCUT2D eigenvalue weighted by Gasteiger charge is 2.30. The van der Waals surface area contributed by atoms with Gasteiger partial charge in [-0.15, -0.1) is 0 Å². The highest BCUT2D eigenvalue weighted by Crippen LogP contribution is 2.28. The van der Waals surface area contributed by atoms with Crippen molar-refractivity contribution >= 4 is 11.6 Å². The van der Waals surface area contributed by atoms with Crippen LogP contribution in [-0.4, -0.2) is 56.4 Å². The van der Waals surface area contributed by atoms with Crippen molar-refractivity contribution < 1.29 is 9.53 Å². The van der Waals surface area contributed by atoms with Crippen LogP contribution in [0.3, 0.4) is 0 Å². The molecule has 0 saturated carbocycles. The maximum absolute atomic E-state index is 11.8. The Morgan fingerprint density at radius 1 is 1.23 bits per heavy atom. The van der Waals surface area contributed by atoms with E-state index in [1.165, 1.54) is 0 Å².